The molecule has 2 amide bonds. The van der Waals surface area contributed by atoms with Gasteiger partial charge in [0.25, 0.3) is 0 Å². The lowest BCUT2D eigenvalue weighted by atomic mass is 10.0. The van der Waals surface area contributed by atoms with Gasteiger partial charge in [0.1, 0.15) is 0 Å². The van der Waals surface area contributed by atoms with Crippen LogP contribution in [0.5, 0.6) is 0 Å². The third-order valence-electron chi connectivity index (χ3n) is 4.88. The first kappa shape index (κ1) is 16.8. The molecule has 3 heterocycles. The Morgan fingerprint density at radius 1 is 1.27 bits per heavy atom. The number of H-pyrrole nitrogens is 1. The number of amides is 2. The average molecular weight is 367 g/mol. The number of carbonyl (C=O) groups is 2. The number of fused-ring (bicyclic) bond motifs is 3. The molecule has 4 rings (SSSR count). The smallest absolute Gasteiger partial charge is 0.225 e. The number of rotatable bonds is 4. The van der Waals surface area contributed by atoms with Crippen molar-refractivity contribution in [3.63, 3.8) is 0 Å². The Kier molecular flexibility index (Phi) is 4.51. The molecule has 0 radical (unpaired) electrons. The van der Waals surface area contributed by atoms with Crippen molar-refractivity contribution in [1.29, 1.82) is 0 Å². The number of nitrogens with zero attached hydrogens (tertiary/aromatic N) is 1. The van der Waals surface area contributed by atoms with Crippen LogP contribution < -0.4 is 5.32 Å². The minimum Gasteiger partial charge on any atom is -0.358 e. The van der Waals surface area contributed by atoms with Crippen molar-refractivity contribution in [2.45, 2.75) is 32.4 Å². The van der Waals surface area contributed by atoms with E-state index >= 15 is 0 Å². The minimum atomic E-state index is -0.260. The zero-order valence-corrected chi connectivity index (χ0v) is 15.4. The largest absolute Gasteiger partial charge is 0.358 e. The fourth-order valence-electron chi connectivity index (χ4n) is 3.64. The monoisotopic (exact) mass is 367 g/mol. The Labute approximate surface area is 156 Å². The molecule has 0 unspecified atom stereocenters. The van der Waals surface area contributed by atoms with Gasteiger partial charge < -0.3 is 15.2 Å². The molecule has 0 bridgehead atoms. The molecule has 5 nitrogen and oxygen atoms in total. The number of nitrogens with one attached hydrogen (secondary N) is 2. The molecule has 2 aromatic heterocycles. The molecule has 2 N–H and O–H groups in total. The molecule has 1 aliphatic heterocycles. The van der Waals surface area contributed by atoms with E-state index < -0.39 is 0 Å². The Balaban J connectivity index is 1.52. The molecule has 1 aliphatic rings. The van der Waals surface area contributed by atoms with Gasteiger partial charge in [0.2, 0.25) is 11.8 Å². The number of para-hydroxylation sites is 1. The van der Waals surface area contributed by atoms with Gasteiger partial charge >= 0.3 is 0 Å². The van der Waals surface area contributed by atoms with Crippen LogP contribution in [-0.2, 0) is 22.6 Å². The second-order valence-corrected chi connectivity index (χ2v) is 7.64. The first-order valence-corrected chi connectivity index (χ1v) is 9.66. The van der Waals surface area contributed by atoms with Gasteiger partial charge in [0.15, 0.2) is 0 Å². The maximum Gasteiger partial charge on any atom is 0.225 e. The number of aromatic nitrogens is 1. The SMILES string of the molecule is CC(=O)N[C@H](CC(=O)N1CCc2[nH]c3ccccc3c2C1)c1cccs1. The van der Waals surface area contributed by atoms with Crippen LogP contribution >= 0.6 is 11.3 Å². The summed E-state index contributed by atoms with van der Waals surface area (Å²) in [5, 5.41) is 6.07. The van der Waals surface area contributed by atoms with Crippen molar-refractivity contribution in [1.82, 2.24) is 15.2 Å². The lowest BCUT2D eigenvalue weighted by molar-refractivity contribution is -0.132. The number of hydrogen-bond donors (Lipinski definition) is 2. The molecule has 3 aromatic rings. The summed E-state index contributed by atoms with van der Waals surface area (Å²) in [6.07, 6.45) is 1.12. The van der Waals surface area contributed by atoms with E-state index in [9.17, 15) is 9.59 Å². The summed E-state index contributed by atoms with van der Waals surface area (Å²) in [6.45, 7) is 2.81. The Bertz CT molecular complexity index is 945. The summed E-state index contributed by atoms with van der Waals surface area (Å²) in [7, 11) is 0. The number of benzene rings is 1. The second kappa shape index (κ2) is 6.96. The molecule has 26 heavy (non-hydrogen) atoms. The summed E-state index contributed by atoms with van der Waals surface area (Å²) >= 11 is 1.56. The third-order valence-corrected chi connectivity index (χ3v) is 5.86. The van der Waals surface area contributed by atoms with Crippen molar-refractivity contribution < 1.29 is 9.59 Å². The molecular weight excluding hydrogens is 346 g/mol. The van der Waals surface area contributed by atoms with E-state index in [0.29, 0.717) is 13.1 Å². The van der Waals surface area contributed by atoms with Crippen molar-refractivity contribution in [3.8, 4) is 0 Å². The molecule has 0 saturated carbocycles. The first-order valence-electron chi connectivity index (χ1n) is 8.78. The zero-order valence-electron chi connectivity index (χ0n) is 14.6. The normalized spacial score (nSPS) is 14.9. The number of hydrogen-bond acceptors (Lipinski definition) is 3. The summed E-state index contributed by atoms with van der Waals surface area (Å²) in [5.74, 6) is -0.0400. The van der Waals surface area contributed by atoms with E-state index in [4.69, 9.17) is 0 Å². The molecule has 1 aromatic carbocycles. The molecule has 1 atom stereocenters. The molecule has 0 aliphatic carbocycles. The quantitative estimate of drug-likeness (QED) is 0.742. The highest BCUT2D eigenvalue weighted by Gasteiger charge is 2.26. The Hall–Kier alpha value is -2.60. The van der Waals surface area contributed by atoms with E-state index in [-0.39, 0.29) is 24.3 Å². The number of thiophene rings is 1. The number of carbonyl (C=O) groups excluding carboxylic acids is 2. The molecule has 6 heteroatoms. The topological polar surface area (TPSA) is 65.2 Å². The first-order chi connectivity index (χ1) is 12.6. The standard InChI is InChI=1S/C20H21N3O2S/c1-13(24)21-18(19-7-4-10-26-19)11-20(25)23-9-8-17-15(12-23)14-5-2-3-6-16(14)22-17/h2-7,10,18,22H,8-9,11-12H2,1H3,(H,21,24)/t18-/m1/s1. The Morgan fingerprint density at radius 3 is 2.88 bits per heavy atom. The van der Waals surface area contributed by atoms with Crippen LogP contribution in [0.2, 0.25) is 0 Å². The van der Waals surface area contributed by atoms with Gasteiger partial charge in [0.05, 0.1) is 12.5 Å². The molecule has 0 saturated heterocycles. The van der Waals surface area contributed by atoms with Crippen molar-refractivity contribution in [2.75, 3.05) is 6.54 Å². The highest BCUT2D eigenvalue weighted by molar-refractivity contribution is 7.10. The fourth-order valence-corrected chi connectivity index (χ4v) is 4.42. The van der Waals surface area contributed by atoms with Gasteiger partial charge in [-0.1, -0.05) is 24.3 Å². The highest BCUT2D eigenvalue weighted by atomic mass is 32.1. The molecule has 0 fully saturated rings. The minimum absolute atomic E-state index is 0.0769. The van der Waals surface area contributed by atoms with Gasteiger partial charge in [-0.05, 0) is 17.5 Å². The van der Waals surface area contributed by atoms with E-state index in [1.54, 1.807) is 11.3 Å². The lowest BCUT2D eigenvalue weighted by Gasteiger charge is -2.29. The summed E-state index contributed by atoms with van der Waals surface area (Å²) in [6, 6.07) is 11.9. The van der Waals surface area contributed by atoms with Crippen LogP contribution in [0.15, 0.2) is 41.8 Å². The van der Waals surface area contributed by atoms with E-state index in [1.807, 2.05) is 34.5 Å². The van der Waals surface area contributed by atoms with E-state index in [0.717, 1.165) is 16.8 Å². The van der Waals surface area contributed by atoms with Crippen LogP contribution in [0.1, 0.15) is 35.5 Å². The fraction of sp³-hybridized carbons (Fsp3) is 0.300. The maximum absolute atomic E-state index is 12.9. The third kappa shape index (κ3) is 3.24. The van der Waals surface area contributed by atoms with Gasteiger partial charge in [-0.15, -0.1) is 11.3 Å². The van der Waals surface area contributed by atoms with Crippen LogP contribution in [0.3, 0.4) is 0 Å². The van der Waals surface area contributed by atoms with Gasteiger partial charge in [0, 0.05) is 53.5 Å². The zero-order chi connectivity index (χ0) is 18.1. The second-order valence-electron chi connectivity index (χ2n) is 6.67. The predicted octanol–water partition coefficient (Wildman–Crippen LogP) is 3.38. The number of aromatic amines is 1. The molecular formula is C20H21N3O2S. The molecule has 134 valence electrons. The van der Waals surface area contributed by atoms with Crippen molar-refractivity contribution in [3.05, 3.63) is 57.9 Å². The predicted molar refractivity (Wildman–Crippen MR) is 103 cm³/mol. The van der Waals surface area contributed by atoms with Crippen LogP contribution in [-0.4, -0.2) is 28.2 Å². The van der Waals surface area contributed by atoms with Crippen LogP contribution in [0.4, 0.5) is 0 Å². The van der Waals surface area contributed by atoms with E-state index in [2.05, 4.69) is 22.4 Å². The van der Waals surface area contributed by atoms with Gasteiger partial charge in [-0.2, -0.15) is 0 Å². The van der Waals surface area contributed by atoms with E-state index in [1.165, 1.54) is 23.6 Å². The Morgan fingerprint density at radius 2 is 2.12 bits per heavy atom. The van der Waals surface area contributed by atoms with Crippen LogP contribution in [0, 0.1) is 0 Å². The summed E-state index contributed by atoms with van der Waals surface area (Å²) < 4.78 is 0. The lowest BCUT2D eigenvalue weighted by Crippen LogP contribution is -2.38. The highest BCUT2D eigenvalue weighted by Crippen LogP contribution is 2.29. The van der Waals surface area contributed by atoms with Crippen molar-refractivity contribution in [2.24, 2.45) is 0 Å². The van der Waals surface area contributed by atoms with Gasteiger partial charge in [-0.3, -0.25) is 9.59 Å². The average Bonchev–Trinajstić information content (AvgIpc) is 3.28. The molecule has 0 spiro atoms. The van der Waals surface area contributed by atoms with Crippen LogP contribution in [0.25, 0.3) is 10.9 Å². The van der Waals surface area contributed by atoms with Gasteiger partial charge in [-0.25, -0.2) is 0 Å². The summed E-state index contributed by atoms with van der Waals surface area (Å²) in [4.78, 5) is 30.9. The van der Waals surface area contributed by atoms with Crippen molar-refractivity contribution >= 4 is 34.1 Å². The maximum atomic E-state index is 12.9. The summed E-state index contributed by atoms with van der Waals surface area (Å²) in [5.41, 5.74) is 3.57.